The third-order valence-electron chi connectivity index (χ3n) is 4.52. The summed E-state index contributed by atoms with van der Waals surface area (Å²) in [6, 6.07) is 14.2. The standard InChI is InChI=1S/C23H21NO5/c1-14-9-10-19-18(12-21(26)29-22(19)15(14)2)13-28-23(27)20(24-16(3)25)11-17-7-5-4-6-8-17/h4-12H,13H2,1-3H3,(H,24,25). The molecule has 0 fully saturated rings. The van der Waals surface area contributed by atoms with Crippen molar-refractivity contribution in [3.63, 3.8) is 0 Å². The van der Waals surface area contributed by atoms with Crippen LogP contribution in [0.15, 0.2) is 63.4 Å². The number of carbonyl (C=O) groups is 2. The van der Waals surface area contributed by atoms with E-state index in [0.717, 1.165) is 16.7 Å². The zero-order chi connectivity index (χ0) is 21.0. The van der Waals surface area contributed by atoms with Crippen molar-refractivity contribution >= 4 is 28.9 Å². The van der Waals surface area contributed by atoms with Gasteiger partial charge in [0.1, 0.15) is 17.9 Å². The van der Waals surface area contributed by atoms with Crippen LogP contribution < -0.4 is 10.9 Å². The van der Waals surface area contributed by atoms with Gasteiger partial charge in [-0.2, -0.15) is 0 Å². The number of hydrogen-bond donors (Lipinski definition) is 1. The number of carbonyl (C=O) groups excluding carboxylic acids is 2. The summed E-state index contributed by atoms with van der Waals surface area (Å²) in [5.41, 5.74) is 3.11. The Kier molecular flexibility index (Phi) is 5.93. The van der Waals surface area contributed by atoms with Gasteiger partial charge in [0.05, 0.1) is 0 Å². The first-order valence-electron chi connectivity index (χ1n) is 9.09. The maximum absolute atomic E-state index is 12.6. The second kappa shape index (κ2) is 8.56. The van der Waals surface area contributed by atoms with Gasteiger partial charge >= 0.3 is 11.6 Å². The van der Waals surface area contributed by atoms with Crippen LogP contribution in [0.1, 0.15) is 29.2 Å². The van der Waals surface area contributed by atoms with Gasteiger partial charge in [-0.05, 0) is 36.6 Å². The fourth-order valence-electron chi connectivity index (χ4n) is 2.92. The highest BCUT2D eigenvalue weighted by atomic mass is 16.5. The lowest BCUT2D eigenvalue weighted by Gasteiger charge is -2.11. The molecule has 6 nitrogen and oxygen atoms in total. The predicted octanol–water partition coefficient (Wildman–Crippen LogP) is 3.63. The Hall–Kier alpha value is -3.67. The van der Waals surface area contributed by atoms with Crippen LogP contribution in [-0.4, -0.2) is 11.9 Å². The Bertz CT molecular complexity index is 1160. The van der Waals surface area contributed by atoms with Crippen molar-refractivity contribution in [1.29, 1.82) is 0 Å². The predicted molar refractivity (Wildman–Crippen MR) is 110 cm³/mol. The molecule has 0 unspecified atom stereocenters. The molecule has 148 valence electrons. The van der Waals surface area contributed by atoms with Gasteiger partial charge in [-0.15, -0.1) is 0 Å². The van der Waals surface area contributed by atoms with Crippen LogP contribution in [0.3, 0.4) is 0 Å². The number of amides is 1. The maximum Gasteiger partial charge on any atom is 0.355 e. The topological polar surface area (TPSA) is 85.6 Å². The van der Waals surface area contributed by atoms with Crippen LogP contribution in [0.25, 0.3) is 17.0 Å². The number of ether oxygens (including phenoxy) is 1. The van der Waals surface area contributed by atoms with Crippen molar-refractivity contribution < 1.29 is 18.7 Å². The van der Waals surface area contributed by atoms with Crippen molar-refractivity contribution in [2.75, 3.05) is 0 Å². The number of benzene rings is 2. The number of nitrogens with one attached hydrogen (secondary N) is 1. The highest BCUT2D eigenvalue weighted by molar-refractivity contribution is 5.97. The second-order valence-corrected chi connectivity index (χ2v) is 6.70. The molecule has 1 heterocycles. The molecular weight excluding hydrogens is 370 g/mol. The summed E-state index contributed by atoms with van der Waals surface area (Å²) in [4.78, 5) is 36.0. The van der Waals surface area contributed by atoms with Gasteiger partial charge in [0.15, 0.2) is 0 Å². The molecule has 2 aromatic carbocycles. The van der Waals surface area contributed by atoms with E-state index in [-0.39, 0.29) is 18.2 Å². The van der Waals surface area contributed by atoms with Gasteiger partial charge in [0, 0.05) is 23.9 Å². The largest absolute Gasteiger partial charge is 0.456 e. The number of hydrogen-bond acceptors (Lipinski definition) is 5. The van der Waals surface area contributed by atoms with E-state index in [1.165, 1.54) is 19.1 Å². The van der Waals surface area contributed by atoms with E-state index in [0.29, 0.717) is 16.5 Å². The SMILES string of the molecule is CC(=O)NC(=Cc1ccccc1)C(=O)OCc1cc(=O)oc2c(C)c(C)ccc12. The Morgan fingerprint density at radius 2 is 1.83 bits per heavy atom. The molecule has 0 spiro atoms. The lowest BCUT2D eigenvalue weighted by molar-refractivity contribution is -0.141. The fourth-order valence-corrected chi connectivity index (χ4v) is 2.92. The minimum Gasteiger partial charge on any atom is -0.456 e. The molecule has 0 atom stereocenters. The van der Waals surface area contributed by atoms with Crippen LogP contribution in [-0.2, 0) is 20.9 Å². The molecule has 29 heavy (non-hydrogen) atoms. The monoisotopic (exact) mass is 391 g/mol. The number of rotatable bonds is 5. The molecule has 1 N–H and O–H groups in total. The normalized spacial score (nSPS) is 11.3. The molecule has 1 aromatic heterocycles. The third kappa shape index (κ3) is 4.79. The molecule has 1 amide bonds. The van der Waals surface area contributed by atoms with Gasteiger partial charge in [-0.25, -0.2) is 9.59 Å². The minimum atomic E-state index is -0.700. The summed E-state index contributed by atoms with van der Waals surface area (Å²) in [5.74, 6) is -1.09. The summed E-state index contributed by atoms with van der Waals surface area (Å²) >= 11 is 0. The summed E-state index contributed by atoms with van der Waals surface area (Å²) < 4.78 is 10.7. The van der Waals surface area contributed by atoms with Crippen LogP contribution >= 0.6 is 0 Å². The lowest BCUT2D eigenvalue weighted by Crippen LogP contribution is -2.26. The number of fused-ring (bicyclic) bond motifs is 1. The first-order valence-corrected chi connectivity index (χ1v) is 9.09. The molecular formula is C23H21NO5. The second-order valence-electron chi connectivity index (χ2n) is 6.70. The van der Waals surface area contributed by atoms with Crippen molar-refractivity contribution in [2.45, 2.75) is 27.4 Å². The van der Waals surface area contributed by atoms with Crippen molar-refractivity contribution in [3.05, 3.63) is 86.9 Å². The summed E-state index contributed by atoms with van der Waals surface area (Å²) in [7, 11) is 0. The zero-order valence-electron chi connectivity index (χ0n) is 16.4. The van der Waals surface area contributed by atoms with E-state index >= 15 is 0 Å². The summed E-state index contributed by atoms with van der Waals surface area (Å²) in [6.07, 6.45) is 1.54. The first kappa shape index (κ1) is 20.1. The van der Waals surface area contributed by atoms with Gasteiger partial charge in [0.25, 0.3) is 0 Å². The summed E-state index contributed by atoms with van der Waals surface area (Å²) in [6.45, 7) is 4.98. The molecule has 3 rings (SSSR count). The number of aryl methyl sites for hydroxylation is 2. The van der Waals surface area contributed by atoms with Crippen LogP contribution in [0.4, 0.5) is 0 Å². The highest BCUT2D eigenvalue weighted by Crippen LogP contribution is 2.24. The van der Waals surface area contributed by atoms with Gasteiger partial charge in [-0.1, -0.05) is 42.5 Å². The minimum absolute atomic E-state index is 0.0167. The smallest absolute Gasteiger partial charge is 0.355 e. The number of esters is 1. The van der Waals surface area contributed by atoms with E-state index < -0.39 is 11.6 Å². The van der Waals surface area contributed by atoms with E-state index in [1.54, 1.807) is 12.1 Å². The molecule has 3 aromatic rings. The Labute approximate surface area is 167 Å². The fraction of sp³-hybridized carbons (Fsp3) is 0.174. The maximum atomic E-state index is 12.6. The lowest BCUT2D eigenvalue weighted by atomic mass is 10.0. The van der Waals surface area contributed by atoms with Crippen molar-refractivity contribution in [3.8, 4) is 0 Å². The Morgan fingerprint density at radius 1 is 1.10 bits per heavy atom. The van der Waals surface area contributed by atoms with E-state index in [4.69, 9.17) is 9.15 Å². The Morgan fingerprint density at radius 3 is 2.52 bits per heavy atom. The average Bonchev–Trinajstić information content (AvgIpc) is 2.69. The third-order valence-corrected chi connectivity index (χ3v) is 4.52. The van der Waals surface area contributed by atoms with Crippen molar-refractivity contribution in [1.82, 2.24) is 5.32 Å². The van der Waals surface area contributed by atoms with Gasteiger partial charge < -0.3 is 14.5 Å². The molecule has 0 bridgehead atoms. The molecule has 0 saturated carbocycles. The van der Waals surface area contributed by atoms with Crippen LogP contribution in [0.2, 0.25) is 0 Å². The molecule has 6 heteroatoms. The van der Waals surface area contributed by atoms with Gasteiger partial charge in [0.2, 0.25) is 5.91 Å². The molecule has 0 saturated heterocycles. The highest BCUT2D eigenvalue weighted by Gasteiger charge is 2.15. The average molecular weight is 391 g/mol. The summed E-state index contributed by atoms with van der Waals surface area (Å²) in [5, 5.41) is 3.20. The quantitative estimate of drug-likeness (QED) is 0.408. The van der Waals surface area contributed by atoms with E-state index in [1.807, 2.05) is 44.2 Å². The van der Waals surface area contributed by atoms with Crippen LogP contribution in [0.5, 0.6) is 0 Å². The van der Waals surface area contributed by atoms with Gasteiger partial charge in [-0.3, -0.25) is 4.79 Å². The Balaban J connectivity index is 1.89. The van der Waals surface area contributed by atoms with E-state index in [9.17, 15) is 14.4 Å². The molecule has 0 aliphatic carbocycles. The molecule has 0 aliphatic heterocycles. The van der Waals surface area contributed by atoms with E-state index in [2.05, 4.69) is 5.32 Å². The zero-order valence-corrected chi connectivity index (χ0v) is 16.4. The van der Waals surface area contributed by atoms with Crippen molar-refractivity contribution in [2.24, 2.45) is 0 Å². The molecule has 0 radical (unpaired) electrons. The van der Waals surface area contributed by atoms with Crippen LogP contribution in [0, 0.1) is 13.8 Å². The first-order chi connectivity index (χ1) is 13.8. The molecule has 0 aliphatic rings.